The summed E-state index contributed by atoms with van der Waals surface area (Å²) in [6, 6.07) is 5.30. The molecule has 0 atom stereocenters. The van der Waals surface area contributed by atoms with E-state index in [4.69, 9.17) is 5.73 Å². The van der Waals surface area contributed by atoms with Crippen LogP contribution in [0, 0.1) is 0 Å². The molecule has 1 aromatic carbocycles. The van der Waals surface area contributed by atoms with Crippen molar-refractivity contribution in [2.75, 3.05) is 5.73 Å². The number of nitrogens with zero attached hydrogens (tertiary/aromatic N) is 1. The maximum Gasteiger partial charge on any atom is 0.416 e. The van der Waals surface area contributed by atoms with Gasteiger partial charge in [-0.25, -0.2) is 4.98 Å². The zero-order valence-corrected chi connectivity index (χ0v) is 11.0. The summed E-state index contributed by atoms with van der Waals surface area (Å²) < 4.78 is 38.1. The second-order valence-corrected chi connectivity index (χ2v) is 5.57. The summed E-state index contributed by atoms with van der Waals surface area (Å²) in [5, 5.41) is 0.703. The molecule has 0 aliphatic carbocycles. The van der Waals surface area contributed by atoms with E-state index in [1.165, 1.54) is 6.07 Å². The molecule has 1 aromatic heterocycles. The van der Waals surface area contributed by atoms with Crippen LogP contribution in [0.5, 0.6) is 0 Å². The second kappa shape index (κ2) is 4.11. The molecule has 0 fully saturated rings. The number of alkyl halides is 3. The van der Waals surface area contributed by atoms with Crippen molar-refractivity contribution in [1.29, 1.82) is 0 Å². The van der Waals surface area contributed by atoms with Gasteiger partial charge in [0, 0.05) is 5.39 Å². The lowest BCUT2D eigenvalue weighted by atomic mass is 9.84. The predicted octanol–water partition coefficient (Wildman–Crippen LogP) is 4.13. The van der Waals surface area contributed by atoms with Gasteiger partial charge in [0.25, 0.3) is 0 Å². The smallest absolute Gasteiger partial charge is 0.384 e. The Bertz CT molecular complexity index is 625. The van der Waals surface area contributed by atoms with Crippen LogP contribution in [0.2, 0.25) is 0 Å². The van der Waals surface area contributed by atoms with Crippen molar-refractivity contribution in [3.8, 4) is 0 Å². The van der Waals surface area contributed by atoms with Crippen LogP contribution in [0.1, 0.15) is 31.9 Å². The Hall–Kier alpha value is -1.78. The molecule has 0 bridgehead atoms. The van der Waals surface area contributed by atoms with Crippen LogP contribution >= 0.6 is 0 Å². The molecular formula is C14H15F3N2. The van der Waals surface area contributed by atoms with Crippen molar-refractivity contribution in [2.24, 2.45) is 0 Å². The number of nitrogen functional groups attached to an aromatic ring is 1. The number of fused-ring (bicyclic) bond motifs is 1. The van der Waals surface area contributed by atoms with Crippen LogP contribution in [0.25, 0.3) is 10.9 Å². The van der Waals surface area contributed by atoms with Crippen LogP contribution in [-0.2, 0) is 11.6 Å². The lowest BCUT2D eigenvalue weighted by Crippen LogP contribution is -2.13. The Labute approximate surface area is 109 Å². The molecule has 102 valence electrons. The van der Waals surface area contributed by atoms with E-state index < -0.39 is 11.7 Å². The highest BCUT2D eigenvalue weighted by atomic mass is 19.4. The van der Waals surface area contributed by atoms with Crippen molar-refractivity contribution in [3.05, 3.63) is 35.4 Å². The number of hydrogen-bond donors (Lipinski definition) is 1. The van der Waals surface area contributed by atoms with Crippen molar-refractivity contribution in [3.63, 3.8) is 0 Å². The summed E-state index contributed by atoms with van der Waals surface area (Å²) in [5.41, 5.74) is 5.93. The molecule has 19 heavy (non-hydrogen) atoms. The number of pyridine rings is 1. The van der Waals surface area contributed by atoms with Crippen molar-refractivity contribution < 1.29 is 13.2 Å². The molecule has 5 heteroatoms. The van der Waals surface area contributed by atoms with Gasteiger partial charge in [-0.15, -0.1) is 0 Å². The number of benzene rings is 1. The third-order valence-corrected chi connectivity index (χ3v) is 2.97. The van der Waals surface area contributed by atoms with Gasteiger partial charge in [-0.2, -0.15) is 13.2 Å². The Morgan fingerprint density at radius 1 is 1.05 bits per heavy atom. The fourth-order valence-corrected chi connectivity index (χ4v) is 2.05. The Morgan fingerprint density at radius 3 is 2.21 bits per heavy atom. The van der Waals surface area contributed by atoms with E-state index in [1.807, 2.05) is 20.8 Å². The normalized spacial score (nSPS) is 12.9. The summed E-state index contributed by atoms with van der Waals surface area (Å²) in [4.78, 5) is 4.00. The van der Waals surface area contributed by atoms with E-state index in [0.717, 1.165) is 17.7 Å². The third-order valence-electron chi connectivity index (χ3n) is 2.97. The average Bonchev–Trinajstić information content (AvgIpc) is 2.24. The minimum atomic E-state index is -4.37. The molecule has 2 nitrogen and oxygen atoms in total. The number of nitrogens with two attached hydrogens (primary N) is 1. The summed E-state index contributed by atoms with van der Waals surface area (Å²) in [6.45, 7) is 5.96. The Morgan fingerprint density at radius 2 is 1.68 bits per heavy atom. The highest BCUT2D eigenvalue weighted by Crippen LogP contribution is 2.35. The first kappa shape index (κ1) is 13.6. The molecular weight excluding hydrogens is 253 g/mol. The highest BCUT2D eigenvalue weighted by molar-refractivity contribution is 5.85. The molecule has 2 rings (SSSR count). The maximum absolute atomic E-state index is 12.7. The number of halogens is 3. The van der Waals surface area contributed by atoms with Crippen molar-refractivity contribution >= 4 is 16.7 Å². The highest BCUT2D eigenvalue weighted by Gasteiger charge is 2.31. The van der Waals surface area contributed by atoms with Gasteiger partial charge in [0.2, 0.25) is 0 Å². The lowest BCUT2D eigenvalue weighted by Gasteiger charge is -2.22. The van der Waals surface area contributed by atoms with Crippen LogP contribution < -0.4 is 5.73 Å². The monoisotopic (exact) mass is 268 g/mol. The standard InChI is InChI=1S/C14H15F3N2/c1-13(2,3)10-7-12(18)19-11-6-8(14(15,16)17)4-5-9(10)11/h4-7H,1-3H3,(H2,18,19). The van der Waals surface area contributed by atoms with Gasteiger partial charge in [0.1, 0.15) is 5.82 Å². The number of hydrogen-bond acceptors (Lipinski definition) is 2. The topological polar surface area (TPSA) is 38.9 Å². The first-order valence-corrected chi connectivity index (χ1v) is 5.87. The van der Waals surface area contributed by atoms with Crippen LogP contribution in [0.3, 0.4) is 0 Å². The predicted molar refractivity (Wildman–Crippen MR) is 69.9 cm³/mol. The molecule has 0 saturated carbocycles. The first-order valence-electron chi connectivity index (χ1n) is 5.87. The quantitative estimate of drug-likeness (QED) is 0.780. The van der Waals surface area contributed by atoms with Crippen LogP contribution in [0.4, 0.5) is 19.0 Å². The van der Waals surface area contributed by atoms with Crippen LogP contribution in [-0.4, -0.2) is 4.98 Å². The van der Waals surface area contributed by atoms with Gasteiger partial charge < -0.3 is 5.73 Å². The minimum absolute atomic E-state index is 0.213. The van der Waals surface area contributed by atoms with Gasteiger partial charge in [0.15, 0.2) is 0 Å². The van der Waals surface area contributed by atoms with Gasteiger partial charge in [-0.1, -0.05) is 26.8 Å². The molecule has 0 spiro atoms. The molecule has 0 radical (unpaired) electrons. The molecule has 0 amide bonds. The number of anilines is 1. The first-order chi connectivity index (χ1) is 8.59. The lowest BCUT2D eigenvalue weighted by molar-refractivity contribution is -0.137. The Balaban J connectivity index is 2.76. The summed E-state index contributed by atoms with van der Waals surface area (Å²) in [6.07, 6.45) is -4.37. The van der Waals surface area contributed by atoms with Crippen LogP contribution in [0.15, 0.2) is 24.3 Å². The van der Waals surface area contributed by atoms with Gasteiger partial charge in [-0.3, -0.25) is 0 Å². The fourth-order valence-electron chi connectivity index (χ4n) is 2.05. The molecule has 0 aliphatic rings. The molecule has 0 saturated heterocycles. The van der Waals surface area contributed by atoms with Gasteiger partial charge in [-0.05, 0) is 29.2 Å². The summed E-state index contributed by atoms with van der Waals surface area (Å²) in [5.74, 6) is 0.233. The van der Waals surface area contributed by atoms with E-state index in [0.29, 0.717) is 5.39 Å². The second-order valence-electron chi connectivity index (χ2n) is 5.57. The summed E-state index contributed by atoms with van der Waals surface area (Å²) in [7, 11) is 0. The van der Waals surface area contributed by atoms with E-state index >= 15 is 0 Å². The molecule has 2 aromatic rings. The zero-order valence-electron chi connectivity index (χ0n) is 11.0. The third kappa shape index (κ3) is 2.64. The maximum atomic E-state index is 12.7. The number of aromatic nitrogens is 1. The largest absolute Gasteiger partial charge is 0.416 e. The van der Waals surface area contributed by atoms with Gasteiger partial charge >= 0.3 is 6.18 Å². The summed E-state index contributed by atoms with van der Waals surface area (Å²) >= 11 is 0. The molecule has 0 aliphatic heterocycles. The number of rotatable bonds is 0. The zero-order chi connectivity index (χ0) is 14.4. The van der Waals surface area contributed by atoms with E-state index in [-0.39, 0.29) is 16.7 Å². The van der Waals surface area contributed by atoms with Crippen molar-refractivity contribution in [1.82, 2.24) is 4.98 Å². The average molecular weight is 268 g/mol. The molecule has 1 heterocycles. The molecule has 2 N–H and O–H groups in total. The minimum Gasteiger partial charge on any atom is -0.384 e. The van der Waals surface area contributed by atoms with Crippen molar-refractivity contribution in [2.45, 2.75) is 32.4 Å². The molecule has 0 unspecified atom stereocenters. The van der Waals surface area contributed by atoms with E-state index in [1.54, 1.807) is 6.07 Å². The SMILES string of the molecule is CC(C)(C)c1cc(N)nc2cc(C(F)(F)F)ccc12. The van der Waals surface area contributed by atoms with E-state index in [2.05, 4.69) is 4.98 Å². The van der Waals surface area contributed by atoms with Gasteiger partial charge in [0.05, 0.1) is 11.1 Å². The van der Waals surface area contributed by atoms with E-state index in [9.17, 15) is 13.2 Å². The Kier molecular flexibility index (Phi) is 2.96. The fraction of sp³-hybridized carbons (Fsp3) is 0.357.